The Morgan fingerprint density at radius 1 is 1.31 bits per heavy atom. The van der Waals surface area contributed by atoms with Crippen molar-refractivity contribution >= 4 is 5.91 Å². The minimum atomic E-state index is -4.48. The Labute approximate surface area is 91.5 Å². The summed E-state index contributed by atoms with van der Waals surface area (Å²) in [5.41, 5.74) is 0.0387. The third-order valence-corrected chi connectivity index (χ3v) is 2.09. The summed E-state index contributed by atoms with van der Waals surface area (Å²) in [5, 5.41) is 1.96. The predicted octanol–water partition coefficient (Wildman–Crippen LogP) is 2.82. The summed E-state index contributed by atoms with van der Waals surface area (Å²) in [6.07, 6.45) is -4.45. The van der Waals surface area contributed by atoms with E-state index in [0.717, 1.165) is 0 Å². The second kappa shape index (κ2) is 5.01. The van der Waals surface area contributed by atoms with E-state index in [0.29, 0.717) is 0 Å². The molecule has 1 amide bonds. The highest BCUT2D eigenvalue weighted by atomic mass is 19.4. The number of carbonyl (C=O) groups excluding carboxylic acids is 1. The SMILES string of the molecule is CCC(=O)NC(c1ccccc1)C(F)(F)F. The van der Waals surface area contributed by atoms with Gasteiger partial charge in [0.1, 0.15) is 0 Å². The molecule has 0 saturated carbocycles. The lowest BCUT2D eigenvalue weighted by atomic mass is 10.1. The van der Waals surface area contributed by atoms with Crippen molar-refractivity contribution in [3.63, 3.8) is 0 Å². The van der Waals surface area contributed by atoms with E-state index in [2.05, 4.69) is 0 Å². The molecule has 0 aliphatic heterocycles. The first-order valence-corrected chi connectivity index (χ1v) is 4.86. The molecule has 0 fully saturated rings. The second-order valence-corrected chi connectivity index (χ2v) is 3.31. The standard InChI is InChI=1S/C11H12F3NO/c1-2-9(16)15-10(11(12,13)14)8-6-4-3-5-7-8/h3-7,10H,2H2,1H3,(H,15,16). The van der Waals surface area contributed by atoms with Crippen molar-refractivity contribution < 1.29 is 18.0 Å². The average Bonchev–Trinajstić information content (AvgIpc) is 2.25. The number of benzene rings is 1. The molecule has 16 heavy (non-hydrogen) atoms. The van der Waals surface area contributed by atoms with Gasteiger partial charge in [-0.2, -0.15) is 13.2 Å². The zero-order valence-electron chi connectivity index (χ0n) is 8.71. The number of halogens is 3. The van der Waals surface area contributed by atoms with Crippen molar-refractivity contribution in [2.24, 2.45) is 0 Å². The van der Waals surface area contributed by atoms with E-state index >= 15 is 0 Å². The van der Waals surface area contributed by atoms with Crippen molar-refractivity contribution in [1.29, 1.82) is 0 Å². The Morgan fingerprint density at radius 2 is 1.88 bits per heavy atom. The van der Waals surface area contributed by atoms with E-state index in [4.69, 9.17) is 0 Å². The smallest absolute Gasteiger partial charge is 0.341 e. The fourth-order valence-electron chi connectivity index (χ4n) is 1.26. The van der Waals surface area contributed by atoms with Crippen molar-refractivity contribution in [3.8, 4) is 0 Å². The molecule has 0 aliphatic carbocycles. The minimum Gasteiger partial charge on any atom is -0.341 e. The van der Waals surface area contributed by atoms with Gasteiger partial charge in [-0.3, -0.25) is 4.79 Å². The molecule has 0 saturated heterocycles. The van der Waals surface area contributed by atoms with Crippen LogP contribution in [0.2, 0.25) is 0 Å². The molecule has 1 aromatic carbocycles. The quantitative estimate of drug-likeness (QED) is 0.851. The number of amides is 1. The third-order valence-electron chi connectivity index (χ3n) is 2.09. The first-order valence-electron chi connectivity index (χ1n) is 4.86. The topological polar surface area (TPSA) is 29.1 Å². The van der Waals surface area contributed by atoms with Gasteiger partial charge in [0, 0.05) is 6.42 Å². The van der Waals surface area contributed by atoms with Crippen LogP contribution in [0.15, 0.2) is 30.3 Å². The average molecular weight is 231 g/mol. The van der Waals surface area contributed by atoms with Gasteiger partial charge in [-0.15, -0.1) is 0 Å². The summed E-state index contributed by atoms with van der Waals surface area (Å²) in [6.45, 7) is 1.51. The zero-order chi connectivity index (χ0) is 12.2. The minimum absolute atomic E-state index is 0.0272. The fourth-order valence-corrected chi connectivity index (χ4v) is 1.26. The van der Waals surface area contributed by atoms with Crippen LogP contribution in [-0.4, -0.2) is 12.1 Å². The van der Waals surface area contributed by atoms with Gasteiger partial charge in [0.15, 0.2) is 6.04 Å². The van der Waals surface area contributed by atoms with E-state index < -0.39 is 18.1 Å². The molecule has 1 rings (SSSR count). The highest BCUT2D eigenvalue weighted by molar-refractivity contribution is 5.76. The van der Waals surface area contributed by atoms with Gasteiger partial charge in [-0.25, -0.2) is 0 Å². The van der Waals surface area contributed by atoms with Crippen molar-refractivity contribution in [1.82, 2.24) is 5.32 Å². The number of rotatable bonds is 3. The Bertz CT molecular complexity index is 348. The Morgan fingerprint density at radius 3 is 2.31 bits per heavy atom. The molecule has 0 heterocycles. The van der Waals surface area contributed by atoms with Crippen LogP contribution in [0, 0.1) is 0 Å². The number of nitrogens with one attached hydrogen (secondary N) is 1. The maximum Gasteiger partial charge on any atom is 0.412 e. The first kappa shape index (κ1) is 12.5. The van der Waals surface area contributed by atoms with Crippen LogP contribution in [-0.2, 0) is 4.79 Å². The van der Waals surface area contributed by atoms with Crippen LogP contribution in [0.5, 0.6) is 0 Å². The normalized spacial score (nSPS) is 13.2. The summed E-state index contributed by atoms with van der Waals surface area (Å²) in [6, 6.07) is 5.39. The fraction of sp³-hybridized carbons (Fsp3) is 0.364. The van der Waals surface area contributed by atoms with Gasteiger partial charge in [0.2, 0.25) is 5.91 Å². The Kier molecular flexibility index (Phi) is 3.93. The summed E-state index contributed by atoms with van der Waals surface area (Å²) in [7, 11) is 0. The van der Waals surface area contributed by atoms with Gasteiger partial charge >= 0.3 is 6.18 Å². The number of hydrogen-bond acceptors (Lipinski definition) is 1. The van der Waals surface area contributed by atoms with Crippen molar-refractivity contribution in [2.45, 2.75) is 25.6 Å². The largest absolute Gasteiger partial charge is 0.412 e. The first-order chi connectivity index (χ1) is 7.45. The lowest BCUT2D eigenvalue weighted by Crippen LogP contribution is -2.37. The molecule has 0 bridgehead atoms. The van der Waals surface area contributed by atoms with Gasteiger partial charge in [-0.05, 0) is 5.56 Å². The molecule has 1 atom stereocenters. The molecule has 88 valence electrons. The maximum atomic E-state index is 12.7. The summed E-state index contributed by atoms with van der Waals surface area (Å²) >= 11 is 0. The molecular formula is C11H12F3NO. The lowest BCUT2D eigenvalue weighted by Gasteiger charge is -2.21. The van der Waals surface area contributed by atoms with Crippen LogP contribution in [0.1, 0.15) is 24.9 Å². The maximum absolute atomic E-state index is 12.7. The summed E-state index contributed by atoms with van der Waals surface area (Å²) in [5.74, 6) is -0.619. The summed E-state index contributed by atoms with van der Waals surface area (Å²) in [4.78, 5) is 11.0. The number of alkyl halides is 3. The molecule has 1 aromatic rings. The molecule has 1 unspecified atom stereocenters. The number of hydrogen-bond donors (Lipinski definition) is 1. The van der Waals surface area contributed by atoms with Crippen LogP contribution in [0.4, 0.5) is 13.2 Å². The van der Waals surface area contributed by atoms with Gasteiger partial charge in [0.05, 0.1) is 0 Å². The highest BCUT2D eigenvalue weighted by Crippen LogP contribution is 2.32. The van der Waals surface area contributed by atoms with Crippen LogP contribution in [0.25, 0.3) is 0 Å². The van der Waals surface area contributed by atoms with E-state index in [1.165, 1.54) is 31.2 Å². The monoisotopic (exact) mass is 231 g/mol. The molecule has 1 N–H and O–H groups in total. The van der Waals surface area contributed by atoms with Gasteiger partial charge < -0.3 is 5.32 Å². The van der Waals surface area contributed by atoms with Gasteiger partial charge in [-0.1, -0.05) is 37.3 Å². The van der Waals surface area contributed by atoms with Crippen LogP contribution in [0.3, 0.4) is 0 Å². The second-order valence-electron chi connectivity index (χ2n) is 3.31. The van der Waals surface area contributed by atoms with E-state index in [1.54, 1.807) is 6.07 Å². The van der Waals surface area contributed by atoms with Crippen molar-refractivity contribution in [3.05, 3.63) is 35.9 Å². The Hall–Kier alpha value is -1.52. The Balaban J connectivity index is 2.93. The molecular weight excluding hydrogens is 219 g/mol. The molecule has 0 radical (unpaired) electrons. The van der Waals surface area contributed by atoms with Crippen molar-refractivity contribution in [2.75, 3.05) is 0 Å². The third kappa shape index (κ3) is 3.25. The van der Waals surface area contributed by atoms with E-state index in [-0.39, 0.29) is 12.0 Å². The highest BCUT2D eigenvalue weighted by Gasteiger charge is 2.41. The molecule has 5 heteroatoms. The van der Waals surface area contributed by atoms with Crippen LogP contribution < -0.4 is 5.32 Å². The zero-order valence-corrected chi connectivity index (χ0v) is 8.71. The van der Waals surface area contributed by atoms with E-state index in [9.17, 15) is 18.0 Å². The van der Waals surface area contributed by atoms with Gasteiger partial charge in [0.25, 0.3) is 0 Å². The molecule has 0 aliphatic rings. The lowest BCUT2D eigenvalue weighted by molar-refractivity contribution is -0.163. The molecule has 0 spiro atoms. The summed E-state index contributed by atoms with van der Waals surface area (Å²) < 4.78 is 38.1. The number of carbonyl (C=O) groups is 1. The van der Waals surface area contributed by atoms with Crippen LogP contribution >= 0.6 is 0 Å². The molecule has 2 nitrogen and oxygen atoms in total. The predicted molar refractivity (Wildman–Crippen MR) is 53.7 cm³/mol. The van der Waals surface area contributed by atoms with E-state index in [1.807, 2.05) is 5.32 Å². The molecule has 0 aromatic heterocycles.